The number of halogens is 2. The number of aromatic nitrogens is 1. The van der Waals surface area contributed by atoms with Crippen LogP contribution in [0.2, 0.25) is 10.0 Å². The smallest absolute Gasteiger partial charge is 0.309 e. The standard InChI is InChI=1S/C22H24Cl2N2O4S2/c1-10-12-7-8-22(3)9-15-17(11(2)16(22)18(12)30-20(10)27)25-21(31-15)26-32(28,29)19-13(23)5-4-6-14(19)24/h4-6,10-12,16,18H,7-9H2,1-3H3,(H,25,26). The first-order chi connectivity index (χ1) is 15.0. The average molecular weight is 515 g/mol. The topological polar surface area (TPSA) is 85.4 Å². The van der Waals surface area contributed by atoms with E-state index >= 15 is 0 Å². The molecule has 2 fully saturated rings. The Morgan fingerprint density at radius 3 is 2.59 bits per heavy atom. The Hall–Kier alpha value is -1.35. The number of esters is 1. The second-order valence-electron chi connectivity index (χ2n) is 9.52. The van der Waals surface area contributed by atoms with Crippen molar-refractivity contribution in [1.29, 1.82) is 0 Å². The number of carbonyl (C=O) groups excluding carboxylic acids is 1. The number of fused-ring (bicyclic) bond motifs is 4. The highest BCUT2D eigenvalue weighted by atomic mass is 35.5. The van der Waals surface area contributed by atoms with Crippen LogP contribution in [-0.4, -0.2) is 25.5 Å². The molecular formula is C22H24Cl2N2O4S2. The maximum Gasteiger partial charge on any atom is 0.309 e. The van der Waals surface area contributed by atoms with Crippen molar-refractivity contribution >= 4 is 55.7 Å². The molecule has 0 radical (unpaired) electrons. The summed E-state index contributed by atoms with van der Waals surface area (Å²) in [4.78, 5) is 17.9. The van der Waals surface area contributed by atoms with E-state index in [9.17, 15) is 13.2 Å². The molecule has 0 bridgehead atoms. The van der Waals surface area contributed by atoms with Gasteiger partial charge in [-0.05, 0) is 36.8 Å². The highest BCUT2D eigenvalue weighted by Crippen LogP contribution is 2.59. The van der Waals surface area contributed by atoms with Crippen LogP contribution in [0.15, 0.2) is 23.1 Å². The summed E-state index contributed by atoms with van der Waals surface area (Å²) in [7, 11) is -4.00. The summed E-state index contributed by atoms with van der Waals surface area (Å²) in [5, 5.41) is 0.413. The molecule has 6 nitrogen and oxygen atoms in total. The van der Waals surface area contributed by atoms with Crippen molar-refractivity contribution in [1.82, 2.24) is 4.98 Å². The number of rotatable bonds is 3. The van der Waals surface area contributed by atoms with Gasteiger partial charge in [0.15, 0.2) is 5.13 Å². The van der Waals surface area contributed by atoms with Gasteiger partial charge in [0.1, 0.15) is 11.0 Å². The largest absolute Gasteiger partial charge is 0.461 e. The minimum atomic E-state index is -4.00. The zero-order valence-electron chi connectivity index (χ0n) is 17.9. The molecule has 1 aromatic heterocycles. The summed E-state index contributed by atoms with van der Waals surface area (Å²) in [5.41, 5.74) is 0.865. The molecule has 0 amide bonds. The third kappa shape index (κ3) is 3.37. The summed E-state index contributed by atoms with van der Waals surface area (Å²) >= 11 is 13.6. The SMILES string of the molecule is CC1C(=O)OC2C1CCC1(C)Cc3sc(NS(=O)(=O)c4c(Cl)cccc4Cl)nc3C(C)C21. The molecule has 0 spiro atoms. The summed E-state index contributed by atoms with van der Waals surface area (Å²) in [6.45, 7) is 6.34. The van der Waals surface area contributed by atoms with E-state index < -0.39 is 10.0 Å². The molecule has 3 aliphatic rings. The van der Waals surface area contributed by atoms with Gasteiger partial charge in [-0.25, -0.2) is 13.4 Å². The quantitative estimate of drug-likeness (QED) is 0.546. The molecule has 2 aliphatic carbocycles. The molecule has 6 atom stereocenters. The molecule has 1 aliphatic heterocycles. The van der Waals surface area contributed by atoms with Crippen molar-refractivity contribution in [2.24, 2.45) is 23.2 Å². The first kappa shape index (κ1) is 22.4. The third-order valence-electron chi connectivity index (χ3n) is 7.57. The number of anilines is 1. The van der Waals surface area contributed by atoms with Gasteiger partial charge in [0.05, 0.1) is 21.7 Å². The predicted octanol–water partition coefficient (Wildman–Crippen LogP) is 5.50. The lowest BCUT2D eigenvalue weighted by atomic mass is 9.54. The first-order valence-electron chi connectivity index (χ1n) is 10.7. The summed E-state index contributed by atoms with van der Waals surface area (Å²) < 4.78 is 34.4. The number of nitrogens with one attached hydrogen (secondary N) is 1. The van der Waals surface area contributed by atoms with Crippen LogP contribution < -0.4 is 4.72 Å². The van der Waals surface area contributed by atoms with E-state index in [2.05, 4.69) is 23.6 Å². The average Bonchev–Trinajstić information content (AvgIpc) is 3.20. The highest BCUT2D eigenvalue weighted by Gasteiger charge is 2.58. The predicted molar refractivity (Wildman–Crippen MR) is 125 cm³/mol. The molecular weight excluding hydrogens is 491 g/mol. The molecule has 10 heteroatoms. The Labute approximate surface area is 201 Å². The van der Waals surface area contributed by atoms with E-state index in [4.69, 9.17) is 27.9 Å². The van der Waals surface area contributed by atoms with Gasteiger partial charge >= 0.3 is 5.97 Å². The second-order valence-corrected chi connectivity index (χ2v) is 13.0. The Morgan fingerprint density at radius 2 is 1.91 bits per heavy atom. The summed E-state index contributed by atoms with van der Waals surface area (Å²) in [5.74, 6) is 0.269. The normalized spacial score (nSPS) is 33.8. The van der Waals surface area contributed by atoms with Crippen LogP contribution >= 0.6 is 34.5 Å². The van der Waals surface area contributed by atoms with Gasteiger partial charge in [-0.2, -0.15) is 0 Å². The van der Waals surface area contributed by atoms with Gasteiger partial charge in [0.2, 0.25) is 0 Å². The second kappa shape index (κ2) is 7.58. The summed E-state index contributed by atoms with van der Waals surface area (Å²) in [6.07, 6.45) is 2.66. The van der Waals surface area contributed by atoms with Crippen molar-refractivity contribution in [2.75, 3.05) is 4.72 Å². The van der Waals surface area contributed by atoms with Crippen molar-refractivity contribution in [3.63, 3.8) is 0 Å². The molecule has 1 saturated heterocycles. The van der Waals surface area contributed by atoms with E-state index in [0.717, 1.165) is 29.8 Å². The van der Waals surface area contributed by atoms with E-state index in [1.165, 1.54) is 23.5 Å². The van der Waals surface area contributed by atoms with Crippen LogP contribution in [0.25, 0.3) is 0 Å². The maximum atomic E-state index is 13.0. The minimum Gasteiger partial charge on any atom is -0.461 e. The first-order valence-corrected chi connectivity index (χ1v) is 13.7. The van der Waals surface area contributed by atoms with Crippen LogP contribution in [0.5, 0.6) is 0 Å². The lowest BCUT2D eigenvalue weighted by molar-refractivity contribution is -0.149. The van der Waals surface area contributed by atoms with Crippen LogP contribution in [-0.2, 0) is 26.0 Å². The van der Waals surface area contributed by atoms with Crippen LogP contribution in [0.1, 0.15) is 50.1 Å². The van der Waals surface area contributed by atoms with Crippen molar-refractivity contribution in [3.8, 4) is 0 Å². The van der Waals surface area contributed by atoms with E-state index in [0.29, 0.717) is 5.13 Å². The van der Waals surface area contributed by atoms with Crippen molar-refractivity contribution < 1.29 is 17.9 Å². The molecule has 172 valence electrons. The van der Waals surface area contributed by atoms with E-state index in [-0.39, 0.29) is 56.1 Å². The fourth-order valence-electron chi connectivity index (χ4n) is 6.03. The fraction of sp³-hybridized carbons (Fsp3) is 0.545. The number of thiazole rings is 1. The Morgan fingerprint density at radius 1 is 1.22 bits per heavy atom. The number of ether oxygens (including phenoxy) is 1. The highest BCUT2D eigenvalue weighted by molar-refractivity contribution is 7.93. The Kier molecular flexibility index (Phi) is 5.32. The molecule has 6 unspecified atom stereocenters. The van der Waals surface area contributed by atoms with Gasteiger partial charge in [0, 0.05) is 22.6 Å². The molecule has 2 aromatic rings. The van der Waals surface area contributed by atoms with Gasteiger partial charge in [-0.3, -0.25) is 9.52 Å². The Balaban J connectivity index is 1.48. The molecule has 1 aromatic carbocycles. The zero-order valence-corrected chi connectivity index (χ0v) is 21.0. The maximum absolute atomic E-state index is 13.0. The fourth-order valence-corrected chi connectivity index (χ4v) is 9.67. The number of hydrogen-bond acceptors (Lipinski definition) is 6. The number of nitrogens with zero attached hydrogens (tertiary/aromatic N) is 1. The number of hydrogen-bond donors (Lipinski definition) is 1. The number of sulfonamides is 1. The van der Waals surface area contributed by atoms with Crippen LogP contribution in [0.4, 0.5) is 5.13 Å². The number of carbonyl (C=O) groups is 1. The molecule has 32 heavy (non-hydrogen) atoms. The van der Waals surface area contributed by atoms with Crippen LogP contribution in [0.3, 0.4) is 0 Å². The Bertz CT molecular complexity index is 1190. The van der Waals surface area contributed by atoms with Crippen LogP contribution in [0, 0.1) is 23.2 Å². The van der Waals surface area contributed by atoms with Gasteiger partial charge in [-0.1, -0.05) is 50.0 Å². The molecule has 1 saturated carbocycles. The molecule has 1 N–H and O–H groups in total. The number of benzene rings is 1. The summed E-state index contributed by atoms with van der Waals surface area (Å²) in [6, 6.07) is 4.57. The zero-order chi connectivity index (χ0) is 23.0. The van der Waals surface area contributed by atoms with Crippen molar-refractivity contribution in [3.05, 3.63) is 38.8 Å². The minimum absolute atomic E-state index is 0.0212. The van der Waals surface area contributed by atoms with Gasteiger partial charge in [0.25, 0.3) is 10.0 Å². The third-order valence-corrected chi connectivity index (χ3v) is 11.0. The van der Waals surface area contributed by atoms with E-state index in [1.54, 1.807) is 6.07 Å². The lowest BCUT2D eigenvalue weighted by Crippen LogP contribution is -2.50. The van der Waals surface area contributed by atoms with Gasteiger partial charge < -0.3 is 4.74 Å². The van der Waals surface area contributed by atoms with E-state index in [1.807, 2.05) is 6.92 Å². The lowest BCUT2D eigenvalue weighted by Gasteiger charge is -2.51. The molecule has 2 heterocycles. The monoisotopic (exact) mass is 514 g/mol. The van der Waals surface area contributed by atoms with Crippen molar-refractivity contribution in [2.45, 2.75) is 57.0 Å². The molecule has 5 rings (SSSR count). The van der Waals surface area contributed by atoms with Gasteiger partial charge in [-0.15, -0.1) is 11.3 Å².